The summed E-state index contributed by atoms with van der Waals surface area (Å²) < 4.78 is 0. The van der Waals surface area contributed by atoms with Crippen LogP contribution in [0.2, 0.25) is 0 Å². The molecule has 1 saturated heterocycles. The largest absolute Gasteiger partial charge is 0.333 e. The molecule has 1 amide bonds. The molecule has 0 unspecified atom stereocenters. The molecule has 3 aromatic rings. The van der Waals surface area contributed by atoms with Gasteiger partial charge in [0.15, 0.2) is 0 Å². The molecule has 122 valence electrons. The van der Waals surface area contributed by atoms with Gasteiger partial charge in [0.2, 0.25) is 5.82 Å². The van der Waals surface area contributed by atoms with Crippen LogP contribution in [-0.4, -0.2) is 48.6 Å². The molecule has 24 heavy (non-hydrogen) atoms. The standard InChI is InChI=1S/C16H16N6OS/c23-16(14-6-3-9-24-14)21-8-2-5-13(21)11-22-19-15(18-20-22)12-4-1-7-17-10-12/h1,3-4,6-7,9-10,13H,2,5,8,11H2/t13-/m1/s1. The summed E-state index contributed by atoms with van der Waals surface area (Å²) in [6, 6.07) is 7.62. The third kappa shape index (κ3) is 2.92. The second kappa shape index (κ2) is 6.48. The fraction of sp³-hybridized carbons (Fsp3) is 0.312. The summed E-state index contributed by atoms with van der Waals surface area (Å²) in [6.07, 6.45) is 5.39. The van der Waals surface area contributed by atoms with Crippen LogP contribution in [0.5, 0.6) is 0 Å². The van der Waals surface area contributed by atoms with Gasteiger partial charge in [-0.1, -0.05) is 6.07 Å². The number of aromatic nitrogens is 5. The molecule has 1 aliphatic heterocycles. The highest BCUT2D eigenvalue weighted by atomic mass is 32.1. The maximum absolute atomic E-state index is 12.6. The maximum atomic E-state index is 12.6. The van der Waals surface area contributed by atoms with Gasteiger partial charge in [0.25, 0.3) is 5.91 Å². The van der Waals surface area contributed by atoms with E-state index in [1.807, 2.05) is 34.5 Å². The average Bonchev–Trinajstić information content (AvgIpc) is 3.37. The number of carbonyl (C=O) groups is 1. The minimum absolute atomic E-state index is 0.0973. The third-order valence-electron chi connectivity index (χ3n) is 4.12. The molecular weight excluding hydrogens is 324 g/mol. The Kier molecular flexibility index (Phi) is 4.04. The number of hydrogen-bond donors (Lipinski definition) is 0. The first-order chi connectivity index (χ1) is 11.8. The number of hydrogen-bond acceptors (Lipinski definition) is 6. The van der Waals surface area contributed by atoms with Gasteiger partial charge in [-0.25, -0.2) is 0 Å². The van der Waals surface area contributed by atoms with Crippen molar-refractivity contribution in [2.24, 2.45) is 0 Å². The first kappa shape index (κ1) is 14.9. The predicted octanol–water partition coefficient (Wildman–Crippen LogP) is 2.10. The molecule has 7 nitrogen and oxygen atoms in total. The van der Waals surface area contributed by atoms with Crippen molar-refractivity contribution >= 4 is 17.2 Å². The second-order valence-corrected chi connectivity index (χ2v) is 6.63. The highest BCUT2D eigenvalue weighted by Crippen LogP contribution is 2.23. The van der Waals surface area contributed by atoms with Gasteiger partial charge < -0.3 is 4.90 Å². The molecule has 3 aromatic heterocycles. The molecule has 4 heterocycles. The summed E-state index contributed by atoms with van der Waals surface area (Å²) >= 11 is 1.48. The number of thiophene rings is 1. The fourth-order valence-electron chi connectivity index (χ4n) is 2.95. The van der Waals surface area contributed by atoms with E-state index in [0.29, 0.717) is 12.4 Å². The molecule has 0 N–H and O–H groups in total. The van der Waals surface area contributed by atoms with Gasteiger partial charge >= 0.3 is 0 Å². The Morgan fingerprint density at radius 3 is 3.08 bits per heavy atom. The van der Waals surface area contributed by atoms with Crippen LogP contribution in [0.3, 0.4) is 0 Å². The van der Waals surface area contributed by atoms with E-state index in [1.165, 1.54) is 11.3 Å². The van der Waals surface area contributed by atoms with E-state index in [2.05, 4.69) is 20.4 Å². The molecule has 8 heteroatoms. The van der Waals surface area contributed by atoms with Crippen molar-refractivity contribution in [3.8, 4) is 11.4 Å². The summed E-state index contributed by atoms with van der Waals surface area (Å²) in [6.45, 7) is 1.34. The molecule has 4 rings (SSSR count). The lowest BCUT2D eigenvalue weighted by atomic mass is 10.2. The van der Waals surface area contributed by atoms with Crippen LogP contribution in [-0.2, 0) is 6.54 Å². The number of amides is 1. The van der Waals surface area contributed by atoms with Crippen molar-refractivity contribution in [2.45, 2.75) is 25.4 Å². The van der Waals surface area contributed by atoms with Crippen LogP contribution in [0.25, 0.3) is 11.4 Å². The molecule has 0 aromatic carbocycles. The highest BCUT2D eigenvalue weighted by molar-refractivity contribution is 7.12. The Bertz CT molecular complexity index is 816. The molecule has 1 fully saturated rings. The van der Waals surface area contributed by atoms with E-state index in [9.17, 15) is 4.79 Å². The van der Waals surface area contributed by atoms with Gasteiger partial charge in [0.1, 0.15) is 0 Å². The van der Waals surface area contributed by atoms with E-state index in [0.717, 1.165) is 29.8 Å². The Morgan fingerprint density at radius 1 is 1.33 bits per heavy atom. The number of carbonyl (C=O) groups excluding carboxylic acids is 1. The van der Waals surface area contributed by atoms with Crippen molar-refractivity contribution in [3.05, 3.63) is 46.9 Å². The lowest BCUT2D eigenvalue weighted by molar-refractivity contribution is 0.0723. The third-order valence-corrected chi connectivity index (χ3v) is 4.97. The summed E-state index contributed by atoms with van der Waals surface area (Å²) in [5.74, 6) is 0.650. The molecule has 0 bridgehead atoms. The van der Waals surface area contributed by atoms with Crippen LogP contribution in [0.15, 0.2) is 42.0 Å². The molecule has 1 aliphatic rings. The molecule has 0 aliphatic carbocycles. The van der Waals surface area contributed by atoms with E-state index in [1.54, 1.807) is 17.2 Å². The number of nitrogens with zero attached hydrogens (tertiary/aromatic N) is 6. The van der Waals surface area contributed by atoms with Gasteiger partial charge in [-0.2, -0.15) is 4.80 Å². The topological polar surface area (TPSA) is 76.8 Å². The Morgan fingerprint density at radius 2 is 2.29 bits per heavy atom. The molecule has 1 atom stereocenters. The van der Waals surface area contributed by atoms with Crippen LogP contribution in [0.1, 0.15) is 22.5 Å². The SMILES string of the molecule is O=C(c1cccs1)N1CCC[C@@H]1Cn1nnc(-c2cccnc2)n1. The smallest absolute Gasteiger partial charge is 0.264 e. The van der Waals surface area contributed by atoms with E-state index in [4.69, 9.17) is 0 Å². The van der Waals surface area contributed by atoms with Crippen LogP contribution < -0.4 is 0 Å². The maximum Gasteiger partial charge on any atom is 0.264 e. The zero-order valence-corrected chi connectivity index (χ0v) is 13.8. The first-order valence-corrected chi connectivity index (χ1v) is 8.72. The number of pyridine rings is 1. The van der Waals surface area contributed by atoms with Gasteiger partial charge in [-0.3, -0.25) is 9.78 Å². The zero-order valence-electron chi connectivity index (χ0n) is 12.9. The number of likely N-dealkylation sites (tertiary alicyclic amines) is 1. The normalized spacial score (nSPS) is 17.3. The van der Waals surface area contributed by atoms with Crippen molar-refractivity contribution in [3.63, 3.8) is 0 Å². The summed E-state index contributed by atoms with van der Waals surface area (Å²) in [5, 5.41) is 14.6. The van der Waals surface area contributed by atoms with Gasteiger partial charge in [0, 0.05) is 24.5 Å². The van der Waals surface area contributed by atoms with Crippen molar-refractivity contribution < 1.29 is 4.79 Å². The summed E-state index contributed by atoms with van der Waals surface area (Å²) in [4.78, 5) is 21.0. The zero-order chi connectivity index (χ0) is 16.4. The Hall–Kier alpha value is -2.61. The van der Waals surface area contributed by atoms with Crippen molar-refractivity contribution in [2.75, 3.05) is 6.54 Å². The van der Waals surface area contributed by atoms with Gasteiger partial charge in [-0.15, -0.1) is 21.5 Å². The molecule has 0 spiro atoms. The average molecular weight is 340 g/mol. The minimum atomic E-state index is 0.0973. The van der Waals surface area contributed by atoms with Gasteiger partial charge in [-0.05, 0) is 41.6 Å². The minimum Gasteiger partial charge on any atom is -0.333 e. The first-order valence-electron chi connectivity index (χ1n) is 7.84. The molecular formula is C16H16N6OS. The Labute approximate surface area is 142 Å². The second-order valence-electron chi connectivity index (χ2n) is 5.68. The van der Waals surface area contributed by atoms with Crippen molar-refractivity contribution in [1.82, 2.24) is 30.1 Å². The Balaban J connectivity index is 1.49. The lowest BCUT2D eigenvalue weighted by Crippen LogP contribution is -2.38. The van der Waals surface area contributed by atoms with E-state index >= 15 is 0 Å². The fourth-order valence-corrected chi connectivity index (χ4v) is 3.63. The van der Waals surface area contributed by atoms with Crippen LogP contribution in [0, 0.1) is 0 Å². The highest BCUT2D eigenvalue weighted by Gasteiger charge is 2.30. The molecule has 0 radical (unpaired) electrons. The quantitative estimate of drug-likeness (QED) is 0.727. The van der Waals surface area contributed by atoms with Gasteiger partial charge in [0.05, 0.1) is 17.5 Å². The van der Waals surface area contributed by atoms with Crippen molar-refractivity contribution in [1.29, 1.82) is 0 Å². The van der Waals surface area contributed by atoms with Crippen LogP contribution >= 0.6 is 11.3 Å². The summed E-state index contributed by atoms with van der Waals surface area (Å²) in [7, 11) is 0. The predicted molar refractivity (Wildman–Crippen MR) is 89.4 cm³/mol. The summed E-state index contributed by atoms with van der Waals surface area (Å²) in [5.41, 5.74) is 0.835. The van der Waals surface area contributed by atoms with Crippen LogP contribution in [0.4, 0.5) is 0 Å². The number of tetrazole rings is 1. The number of rotatable bonds is 4. The van der Waals surface area contributed by atoms with E-state index in [-0.39, 0.29) is 11.9 Å². The lowest BCUT2D eigenvalue weighted by Gasteiger charge is -2.23. The van der Waals surface area contributed by atoms with E-state index < -0.39 is 0 Å². The molecule has 0 saturated carbocycles. The monoisotopic (exact) mass is 340 g/mol.